The van der Waals surface area contributed by atoms with Crippen LogP contribution in [0.2, 0.25) is 5.02 Å². The SMILES string of the molecule is CCCCC(NS(=O)(=O)c1cccc(Cl)c1F)C(=O)O. The minimum atomic E-state index is -4.28. The number of carboxylic acids is 1. The lowest BCUT2D eigenvalue weighted by atomic mass is 10.1. The minimum absolute atomic E-state index is 0.132. The Morgan fingerprint density at radius 3 is 2.70 bits per heavy atom. The summed E-state index contributed by atoms with van der Waals surface area (Å²) < 4.78 is 39.7. The molecule has 2 N–H and O–H groups in total. The molecule has 1 aromatic carbocycles. The summed E-state index contributed by atoms with van der Waals surface area (Å²) in [5, 5.41) is 8.65. The molecule has 0 radical (unpaired) electrons. The summed E-state index contributed by atoms with van der Waals surface area (Å²) in [6.07, 6.45) is 1.39. The van der Waals surface area contributed by atoms with E-state index in [0.29, 0.717) is 6.42 Å². The molecule has 8 heteroatoms. The number of hydrogen-bond acceptors (Lipinski definition) is 3. The van der Waals surface area contributed by atoms with Gasteiger partial charge in [-0.2, -0.15) is 4.72 Å². The molecule has 1 rings (SSSR count). The highest BCUT2D eigenvalue weighted by Crippen LogP contribution is 2.22. The molecule has 5 nitrogen and oxygen atoms in total. The Morgan fingerprint density at radius 1 is 1.50 bits per heavy atom. The van der Waals surface area contributed by atoms with Gasteiger partial charge < -0.3 is 5.11 Å². The van der Waals surface area contributed by atoms with E-state index in [-0.39, 0.29) is 11.4 Å². The third kappa shape index (κ3) is 4.16. The lowest BCUT2D eigenvalue weighted by molar-refractivity contribution is -0.139. The zero-order valence-electron chi connectivity index (χ0n) is 10.8. The molecule has 0 bridgehead atoms. The largest absolute Gasteiger partial charge is 0.480 e. The first-order valence-electron chi connectivity index (χ1n) is 5.98. The molecule has 0 saturated heterocycles. The highest BCUT2D eigenvalue weighted by molar-refractivity contribution is 7.89. The van der Waals surface area contributed by atoms with E-state index < -0.39 is 32.7 Å². The van der Waals surface area contributed by atoms with Crippen LogP contribution in [0.1, 0.15) is 26.2 Å². The number of benzene rings is 1. The van der Waals surface area contributed by atoms with E-state index in [1.165, 1.54) is 12.1 Å². The van der Waals surface area contributed by atoms with Gasteiger partial charge in [0.05, 0.1) is 5.02 Å². The molecule has 20 heavy (non-hydrogen) atoms. The van der Waals surface area contributed by atoms with Crippen molar-refractivity contribution in [3.05, 3.63) is 29.0 Å². The van der Waals surface area contributed by atoms with Gasteiger partial charge in [-0.1, -0.05) is 37.4 Å². The third-order valence-electron chi connectivity index (χ3n) is 2.65. The molecule has 1 aromatic rings. The summed E-state index contributed by atoms with van der Waals surface area (Å²) in [5.74, 6) is -2.40. The first kappa shape index (κ1) is 16.9. The maximum Gasteiger partial charge on any atom is 0.321 e. The summed E-state index contributed by atoms with van der Waals surface area (Å²) in [5.41, 5.74) is 0. The molecule has 112 valence electrons. The Kier molecular flexibility index (Phi) is 5.91. The van der Waals surface area contributed by atoms with Gasteiger partial charge in [-0.25, -0.2) is 12.8 Å². The smallest absolute Gasteiger partial charge is 0.321 e. The molecule has 0 amide bonds. The summed E-state index contributed by atoms with van der Waals surface area (Å²) >= 11 is 5.52. The number of sulfonamides is 1. The zero-order chi connectivity index (χ0) is 15.3. The van der Waals surface area contributed by atoms with Crippen molar-refractivity contribution in [2.24, 2.45) is 0 Å². The molecule has 0 saturated carbocycles. The Hall–Kier alpha value is -1.18. The second kappa shape index (κ2) is 7.01. The van der Waals surface area contributed by atoms with Crippen molar-refractivity contribution in [2.45, 2.75) is 37.1 Å². The average molecular weight is 324 g/mol. The number of nitrogens with one attached hydrogen (secondary N) is 1. The summed E-state index contributed by atoms with van der Waals surface area (Å²) in [4.78, 5) is 10.4. The third-order valence-corrected chi connectivity index (χ3v) is 4.43. The normalized spacial score (nSPS) is 13.2. The second-order valence-electron chi connectivity index (χ2n) is 4.21. The molecule has 0 aliphatic rings. The molecule has 1 unspecified atom stereocenters. The number of hydrogen-bond donors (Lipinski definition) is 2. The van der Waals surface area contributed by atoms with Gasteiger partial charge in [-0.15, -0.1) is 0 Å². The monoisotopic (exact) mass is 323 g/mol. The van der Waals surface area contributed by atoms with Crippen LogP contribution in [-0.4, -0.2) is 25.5 Å². The van der Waals surface area contributed by atoms with Crippen molar-refractivity contribution in [1.82, 2.24) is 4.72 Å². The van der Waals surface area contributed by atoms with Crippen molar-refractivity contribution >= 4 is 27.6 Å². The number of unbranched alkanes of at least 4 members (excludes halogenated alkanes) is 1. The molecular weight excluding hydrogens is 309 g/mol. The molecular formula is C12H15ClFNO4S. The first-order chi connectivity index (χ1) is 9.29. The average Bonchev–Trinajstić information content (AvgIpc) is 2.37. The predicted molar refractivity (Wildman–Crippen MR) is 72.7 cm³/mol. The van der Waals surface area contributed by atoms with E-state index in [1.807, 2.05) is 11.6 Å². The fourth-order valence-electron chi connectivity index (χ4n) is 1.58. The second-order valence-corrected chi connectivity index (χ2v) is 6.30. The Bertz CT molecular complexity index is 591. The number of rotatable bonds is 7. The van der Waals surface area contributed by atoms with Crippen LogP contribution in [0.3, 0.4) is 0 Å². The van der Waals surface area contributed by atoms with Crippen LogP contribution in [-0.2, 0) is 14.8 Å². The van der Waals surface area contributed by atoms with Crippen LogP contribution in [0.15, 0.2) is 23.1 Å². The van der Waals surface area contributed by atoms with Crippen molar-refractivity contribution < 1.29 is 22.7 Å². The van der Waals surface area contributed by atoms with Crippen molar-refractivity contribution in [2.75, 3.05) is 0 Å². The van der Waals surface area contributed by atoms with Gasteiger partial charge in [0, 0.05) is 0 Å². The number of aliphatic carboxylic acids is 1. The molecule has 0 spiro atoms. The summed E-state index contributed by atoms with van der Waals surface area (Å²) in [7, 11) is -4.28. The number of halogens is 2. The topological polar surface area (TPSA) is 83.5 Å². The number of carboxylic acid groups (broad SMARTS) is 1. The van der Waals surface area contributed by atoms with Crippen LogP contribution >= 0.6 is 11.6 Å². The highest BCUT2D eigenvalue weighted by Gasteiger charge is 2.27. The fourth-order valence-corrected chi connectivity index (χ4v) is 3.14. The van der Waals surface area contributed by atoms with Crippen LogP contribution in [0.4, 0.5) is 4.39 Å². The van der Waals surface area contributed by atoms with E-state index in [2.05, 4.69) is 0 Å². The zero-order valence-corrected chi connectivity index (χ0v) is 12.3. The Morgan fingerprint density at radius 2 is 2.15 bits per heavy atom. The molecule has 0 heterocycles. The lowest BCUT2D eigenvalue weighted by Gasteiger charge is -2.15. The van der Waals surface area contributed by atoms with Gasteiger partial charge in [-0.05, 0) is 18.6 Å². The maximum atomic E-state index is 13.7. The standard InChI is InChI=1S/C12H15ClFNO4S/c1-2-3-6-9(12(16)17)15-20(18,19)10-7-4-5-8(13)11(10)14/h4-5,7,9,15H,2-3,6H2,1H3,(H,16,17). The highest BCUT2D eigenvalue weighted by atomic mass is 35.5. The van der Waals surface area contributed by atoms with Crippen molar-refractivity contribution in [3.8, 4) is 0 Å². The number of carbonyl (C=O) groups is 1. The van der Waals surface area contributed by atoms with Crippen LogP contribution in [0.5, 0.6) is 0 Å². The van der Waals surface area contributed by atoms with E-state index in [0.717, 1.165) is 12.5 Å². The predicted octanol–water partition coefficient (Wildman–Crippen LogP) is 2.40. The van der Waals surface area contributed by atoms with Crippen LogP contribution in [0.25, 0.3) is 0 Å². The maximum absolute atomic E-state index is 13.7. The first-order valence-corrected chi connectivity index (χ1v) is 7.85. The van der Waals surface area contributed by atoms with Crippen LogP contribution in [0, 0.1) is 5.82 Å². The van der Waals surface area contributed by atoms with Crippen molar-refractivity contribution in [1.29, 1.82) is 0 Å². The van der Waals surface area contributed by atoms with Crippen LogP contribution < -0.4 is 4.72 Å². The van der Waals surface area contributed by atoms with Gasteiger partial charge in [0.1, 0.15) is 10.9 Å². The minimum Gasteiger partial charge on any atom is -0.480 e. The van der Waals surface area contributed by atoms with Gasteiger partial charge in [-0.3, -0.25) is 4.79 Å². The quantitative estimate of drug-likeness (QED) is 0.807. The van der Waals surface area contributed by atoms with E-state index in [1.54, 1.807) is 0 Å². The molecule has 0 aliphatic carbocycles. The molecule has 0 aliphatic heterocycles. The van der Waals surface area contributed by atoms with E-state index in [4.69, 9.17) is 16.7 Å². The summed E-state index contributed by atoms with van der Waals surface area (Å²) in [6, 6.07) is 2.23. The Labute approximate surface area is 121 Å². The van der Waals surface area contributed by atoms with E-state index >= 15 is 0 Å². The Balaban J connectivity index is 3.04. The summed E-state index contributed by atoms with van der Waals surface area (Å²) in [6.45, 7) is 1.85. The molecule has 0 fully saturated rings. The van der Waals surface area contributed by atoms with Gasteiger partial charge in [0.25, 0.3) is 0 Å². The van der Waals surface area contributed by atoms with Gasteiger partial charge >= 0.3 is 5.97 Å². The van der Waals surface area contributed by atoms with Gasteiger partial charge in [0.15, 0.2) is 5.82 Å². The lowest BCUT2D eigenvalue weighted by Crippen LogP contribution is -2.40. The molecule has 0 aromatic heterocycles. The molecule has 1 atom stereocenters. The van der Waals surface area contributed by atoms with Crippen molar-refractivity contribution in [3.63, 3.8) is 0 Å². The van der Waals surface area contributed by atoms with Gasteiger partial charge in [0.2, 0.25) is 10.0 Å². The van der Waals surface area contributed by atoms with E-state index in [9.17, 15) is 17.6 Å². The fraction of sp³-hybridized carbons (Fsp3) is 0.417.